The molecule has 1 aromatic heterocycles. The number of nitrogens with two attached hydrogens (primary N) is 1. The fraction of sp³-hybridized carbons (Fsp3) is 0.727. The van der Waals surface area contributed by atoms with Gasteiger partial charge < -0.3 is 20.9 Å². The number of alkyl halides is 1. The minimum Gasteiger partial charge on any atom is -0.367 e. The number of nitrogens with one attached hydrogen (secondary N) is 3. The summed E-state index contributed by atoms with van der Waals surface area (Å²) < 4.78 is 56.7. The summed E-state index contributed by atoms with van der Waals surface area (Å²) in [4.78, 5) is 21.0. The van der Waals surface area contributed by atoms with Gasteiger partial charge in [-0.05, 0) is 19.9 Å². The number of amides is 1. The highest BCUT2D eigenvalue weighted by Gasteiger charge is 2.47. The number of hydrogen-bond acceptors (Lipinski definition) is 10. The molecule has 1 aromatic rings. The molecule has 0 radical (unpaired) electrons. The first-order valence-electron chi connectivity index (χ1n) is 12.7. The molecule has 4 aliphatic heterocycles. The van der Waals surface area contributed by atoms with E-state index in [0.717, 1.165) is 6.20 Å². The molecule has 12 nitrogen and oxygen atoms in total. The lowest BCUT2D eigenvalue weighted by Gasteiger charge is -2.38. The number of sulfonamides is 1. The van der Waals surface area contributed by atoms with Crippen molar-refractivity contribution >= 4 is 27.3 Å². The number of anilines is 2. The van der Waals surface area contributed by atoms with Crippen LogP contribution in [0.1, 0.15) is 12.8 Å². The third kappa shape index (κ3) is 5.30. The van der Waals surface area contributed by atoms with Crippen LogP contribution >= 0.6 is 0 Å². The standard InChI is InChI=1S/C22H35F2N9O3S/c1-30-6-8-32(9-7-30)37(35,36)15-2-4-31(5-3-15)19-16(24)11-26-12-17(19)28-22(34)18-20(25)29-33-13-14(23)10-27-21(18)33/h11-12,14-15,18,20-21,27,29H,2-10,13,25H2,1H3,(H,28,34). The summed E-state index contributed by atoms with van der Waals surface area (Å²) in [7, 11) is -1.47. The number of pyridine rings is 1. The van der Waals surface area contributed by atoms with Gasteiger partial charge in [0, 0.05) is 52.4 Å². The zero-order valence-corrected chi connectivity index (χ0v) is 21.6. The molecule has 15 heteroatoms. The summed E-state index contributed by atoms with van der Waals surface area (Å²) in [6.07, 6.45) is 0.831. The molecule has 1 amide bonds. The number of carbonyl (C=O) groups excluding carboxylic acids is 1. The zero-order chi connectivity index (χ0) is 26.3. The molecule has 4 atom stereocenters. The monoisotopic (exact) mass is 543 g/mol. The van der Waals surface area contributed by atoms with Crippen molar-refractivity contribution in [3.8, 4) is 0 Å². The number of piperidine rings is 1. The first-order chi connectivity index (χ1) is 17.6. The highest BCUT2D eigenvalue weighted by atomic mass is 32.2. The van der Waals surface area contributed by atoms with Crippen LogP contribution in [0.5, 0.6) is 0 Å². The smallest absolute Gasteiger partial charge is 0.233 e. The van der Waals surface area contributed by atoms with Crippen LogP contribution in [0.25, 0.3) is 0 Å². The Morgan fingerprint density at radius 2 is 1.86 bits per heavy atom. The number of fused-ring (bicyclic) bond motifs is 1. The van der Waals surface area contributed by atoms with Crippen molar-refractivity contribution in [2.45, 2.75) is 36.6 Å². The molecular formula is C22H35F2N9O3S. The quantitative estimate of drug-likeness (QED) is 0.354. The summed E-state index contributed by atoms with van der Waals surface area (Å²) in [6, 6.07) is 0. The van der Waals surface area contributed by atoms with Crippen molar-refractivity contribution in [2.24, 2.45) is 11.7 Å². The van der Waals surface area contributed by atoms with Gasteiger partial charge in [0.15, 0.2) is 5.82 Å². The lowest BCUT2D eigenvalue weighted by atomic mass is 10.0. The van der Waals surface area contributed by atoms with E-state index in [1.54, 1.807) is 14.2 Å². The molecule has 0 aromatic carbocycles. The third-order valence-electron chi connectivity index (χ3n) is 7.76. The van der Waals surface area contributed by atoms with Crippen LogP contribution in [0, 0.1) is 11.7 Å². The summed E-state index contributed by atoms with van der Waals surface area (Å²) in [5.74, 6) is -1.80. The van der Waals surface area contributed by atoms with Crippen LogP contribution < -0.4 is 26.7 Å². The minimum atomic E-state index is -3.44. The van der Waals surface area contributed by atoms with E-state index in [9.17, 15) is 17.6 Å². The van der Waals surface area contributed by atoms with Gasteiger partial charge in [-0.25, -0.2) is 27.6 Å². The van der Waals surface area contributed by atoms with E-state index < -0.39 is 51.4 Å². The molecule has 0 bridgehead atoms. The number of halogens is 2. The first kappa shape index (κ1) is 26.6. The van der Waals surface area contributed by atoms with E-state index in [1.807, 2.05) is 7.05 Å². The second-order valence-electron chi connectivity index (χ2n) is 10.2. The molecule has 4 fully saturated rings. The molecule has 5 rings (SSSR count). The van der Waals surface area contributed by atoms with Gasteiger partial charge in [-0.15, -0.1) is 0 Å². The van der Waals surface area contributed by atoms with Crippen molar-refractivity contribution in [1.82, 2.24) is 29.9 Å². The second-order valence-corrected chi connectivity index (χ2v) is 12.4. The Bertz CT molecular complexity index is 1100. The average molecular weight is 544 g/mol. The normalized spacial score (nSPS) is 30.9. The predicted molar refractivity (Wildman–Crippen MR) is 134 cm³/mol. The molecule has 4 unspecified atom stereocenters. The molecule has 5 heterocycles. The van der Waals surface area contributed by atoms with Gasteiger partial charge in [0.25, 0.3) is 0 Å². The van der Waals surface area contributed by atoms with E-state index in [2.05, 4.69) is 25.9 Å². The van der Waals surface area contributed by atoms with E-state index >= 15 is 4.39 Å². The predicted octanol–water partition coefficient (Wildman–Crippen LogP) is -1.31. The van der Waals surface area contributed by atoms with Crippen LogP contribution in [0.15, 0.2) is 12.4 Å². The summed E-state index contributed by atoms with van der Waals surface area (Å²) in [6.45, 7) is 3.21. The maximum Gasteiger partial charge on any atom is 0.233 e. The molecule has 37 heavy (non-hydrogen) atoms. The second kappa shape index (κ2) is 10.6. The van der Waals surface area contributed by atoms with Crippen LogP contribution in [-0.2, 0) is 14.8 Å². The number of likely N-dealkylation sites (N-methyl/N-ethyl adjacent to an activating group) is 1. The van der Waals surface area contributed by atoms with Crippen molar-refractivity contribution < 1.29 is 22.0 Å². The van der Waals surface area contributed by atoms with E-state index in [4.69, 9.17) is 5.73 Å². The number of aromatic nitrogens is 1. The molecule has 4 aliphatic rings. The lowest BCUT2D eigenvalue weighted by Crippen LogP contribution is -2.58. The number of carbonyl (C=O) groups is 1. The number of hydrogen-bond donors (Lipinski definition) is 4. The largest absolute Gasteiger partial charge is 0.367 e. The third-order valence-corrected chi connectivity index (χ3v) is 10.2. The molecule has 0 saturated carbocycles. The molecule has 4 saturated heterocycles. The van der Waals surface area contributed by atoms with Crippen molar-refractivity contribution in [2.75, 3.05) is 69.6 Å². The fourth-order valence-electron chi connectivity index (χ4n) is 5.67. The van der Waals surface area contributed by atoms with Crippen LogP contribution in [0.3, 0.4) is 0 Å². The van der Waals surface area contributed by atoms with Gasteiger partial charge in [-0.2, -0.15) is 4.31 Å². The van der Waals surface area contributed by atoms with Crippen LogP contribution in [0.2, 0.25) is 0 Å². The van der Waals surface area contributed by atoms with E-state index in [1.165, 1.54) is 6.20 Å². The van der Waals surface area contributed by atoms with Gasteiger partial charge in [0.05, 0.1) is 41.6 Å². The first-order valence-corrected chi connectivity index (χ1v) is 14.2. The summed E-state index contributed by atoms with van der Waals surface area (Å²) in [5.41, 5.74) is 9.43. The molecule has 5 N–H and O–H groups in total. The minimum absolute atomic E-state index is 0.105. The molecule has 0 spiro atoms. The summed E-state index contributed by atoms with van der Waals surface area (Å²) >= 11 is 0. The van der Waals surface area contributed by atoms with Gasteiger partial charge in [-0.3, -0.25) is 15.1 Å². The molecule has 206 valence electrons. The maximum atomic E-state index is 15.0. The lowest BCUT2D eigenvalue weighted by molar-refractivity contribution is -0.121. The van der Waals surface area contributed by atoms with Gasteiger partial charge in [0.1, 0.15) is 11.9 Å². The van der Waals surface area contributed by atoms with Gasteiger partial charge in [0.2, 0.25) is 15.9 Å². The zero-order valence-electron chi connectivity index (χ0n) is 20.8. The Morgan fingerprint density at radius 3 is 2.57 bits per heavy atom. The van der Waals surface area contributed by atoms with Gasteiger partial charge >= 0.3 is 0 Å². The van der Waals surface area contributed by atoms with Crippen LogP contribution in [0.4, 0.5) is 20.2 Å². The fourth-order valence-corrected chi connectivity index (χ4v) is 7.57. The van der Waals surface area contributed by atoms with Gasteiger partial charge in [-0.1, -0.05) is 0 Å². The SMILES string of the molecule is CN1CCN(S(=O)(=O)C2CCN(c3c(F)cncc3NC(=O)C3C(N)NN4CC(F)CNC34)CC2)CC1. The Labute approximate surface area is 215 Å². The van der Waals surface area contributed by atoms with Crippen molar-refractivity contribution in [3.63, 3.8) is 0 Å². The number of piperazine rings is 1. The topological polar surface area (TPSA) is 139 Å². The molecule has 0 aliphatic carbocycles. The Balaban J connectivity index is 1.27. The number of rotatable bonds is 5. The van der Waals surface area contributed by atoms with Crippen LogP contribution in [-0.4, -0.2) is 117 Å². The highest BCUT2D eigenvalue weighted by molar-refractivity contribution is 7.89. The average Bonchev–Trinajstić information content (AvgIpc) is 3.19. The molecular weight excluding hydrogens is 508 g/mol. The van der Waals surface area contributed by atoms with E-state index in [0.29, 0.717) is 52.1 Å². The van der Waals surface area contributed by atoms with E-state index in [-0.39, 0.29) is 24.5 Å². The maximum absolute atomic E-state index is 15.0. The Kier molecular flexibility index (Phi) is 7.64. The number of nitrogens with zero attached hydrogens (tertiary/aromatic N) is 5. The Morgan fingerprint density at radius 1 is 1.16 bits per heavy atom. The summed E-state index contributed by atoms with van der Waals surface area (Å²) in [5, 5.41) is 6.82. The Hall–Kier alpha value is -2.01. The van der Waals surface area contributed by atoms with Crippen molar-refractivity contribution in [3.05, 3.63) is 18.2 Å². The van der Waals surface area contributed by atoms with Crippen molar-refractivity contribution in [1.29, 1.82) is 0 Å². The number of hydrazine groups is 1. The highest BCUT2D eigenvalue weighted by Crippen LogP contribution is 2.33.